The second-order valence-corrected chi connectivity index (χ2v) is 7.49. The van der Waals surface area contributed by atoms with Gasteiger partial charge in [0.2, 0.25) is 0 Å². The van der Waals surface area contributed by atoms with Crippen molar-refractivity contribution in [2.24, 2.45) is 11.1 Å². The summed E-state index contributed by atoms with van der Waals surface area (Å²) in [5.41, 5.74) is 1.21. The SMILES string of the molecule is O=C(c1ccccc1)[C@@H]1C(c2ccccc2[N+](=O)[O-])=NO[C@H]1c1ccc(Cl)cc1Cl. The average molecular weight is 441 g/mol. The highest BCUT2D eigenvalue weighted by atomic mass is 35.5. The molecule has 0 saturated carbocycles. The number of carbonyl (C=O) groups is 1. The van der Waals surface area contributed by atoms with E-state index in [0.29, 0.717) is 21.2 Å². The quantitative estimate of drug-likeness (QED) is 0.282. The van der Waals surface area contributed by atoms with Crippen LogP contribution in [0.4, 0.5) is 5.69 Å². The van der Waals surface area contributed by atoms with E-state index in [4.69, 9.17) is 28.0 Å². The molecule has 0 radical (unpaired) electrons. The first kappa shape index (κ1) is 20.1. The van der Waals surface area contributed by atoms with E-state index in [9.17, 15) is 14.9 Å². The summed E-state index contributed by atoms with van der Waals surface area (Å²) in [5, 5.41) is 16.4. The molecule has 6 nitrogen and oxygen atoms in total. The third kappa shape index (κ3) is 3.67. The molecule has 4 rings (SSSR count). The third-order valence-electron chi connectivity index (χ3n) is 4.85. The molecule has 1 aliphatic rings. The lowest BCUT2D eigenvalue weighted by molar-refractivity contribution is -0.385. The topological polar surface area (TPSA) is 81.8 Å². The summed E-state index contributed by atoms with van der Waals surface area (Å²) in [4.78, 5) is 30.2. The molecular weight excluding hydrogens is 427 g/mol. The Morgan fingerprint density at radius 3 is 2.40 bits per heavy atom. The fourth-order valence-corrected chi connectivity index (χ4v) is 3.97. The predicted octanol–water partition coefficient (Wildman–Crippen LogP) is 5.88. The lowest BCUT2D eigenvalue weighted by Gasteiger charge is -2.19. The van der Waals surface area contributed by atoms with Crippen LogP contribution < -0.4 is 0 Å². The fourth-order valence-electron chi connectivity index (χ4n) is 3.45. The van der Waals surface area contributed by atoms with Crippen LogP contribution in [-0.2, 0) is 4.84 Å². The Morgan fingerprint density at radius 1 is 1.00 bits per heavy atom. The zero-order valence-corrected chi connectivity index (χ0v) is 16.9. The van der Waals surface area contributed by atoms with Gasteiger partial charge in [-0.05, 0) is 18.2 Å². The van der Waals surface area contributed by atoms with E-state index < -0.39 is 16.9 Å². The van der Waals surface area contributed by atoms with Gasteiger partial charge in [0.05, 0.1) is 10.5 Å². The van der Waals surface area contributed by atoms with E-state index in [-0.39, 0.29) is 22.7 Å². The van der Waals surface area contributed by atoms with Crippen molar-refractivity contribution < 1.29 is 14.6 Å². The molecule has 0 aliphatic carbocycles. The molecule has 0 fully saturated rings. The molecule has 0 unspecified atom stereocenters. The monoisotopic (exact) mass is 440 g/mol. The van der Waals surface area contributed by atoms with Crippen LogP contribution in [0.3, 0.4) is 0 Å². The number of nitro groups is 1. The molecule has 0 aromatic heterocycles. The van der Waals surface area contributed by atoms with Crippen molar-refractivity contribution in [3.8, 4) is 0 Å². The molecule has 1 aliphatic heterocycles. The molecule has 3 aromatic carbocycles. The number of rotatable bonds is 5. The van der Waals surface area contributed by atoms with Gasteiger partial charge in [0.15, 0.2) is 11.9 Å². The number of oxime groups is 1. The van der Waals surface area contributed by atoms with Gasteiger partial charge in [-0.2, -0.15) is 0 Å². The molecule has 0 amide bonds. The molecule has 30 heavy (non-hydrogen) atoms. The number of benzene rings is 3. The zero-order valence-electron chi connectivity index (χ0n) is 15.4. The summed E-state index contributed by atoms with van der Waals surface area (Å²) in [6.07, 6.45) is -0.850. The first-order valence-corrected chi connectivity index (χ1v) is 9.74. The van der Waals surface area contributed by atoms with Crippen molar-refractivity contribution in [3.63, 3.8) is 0 Å². The Morgan fingerprint density at radius 2 is 1.70 bits per heavy atom. The van der Waals surface area contributed by atoms with E-state index in [2.05, 4.69) is 5.16 Å². The third-order valence-corrected chi connectivity index (χ3v) is 5.41. The maximum atomic E-state index is 13.5. The van der Waals surface area contributed by atoms with Crippen LogP contribution in [0.25, 0.3) is 0 Å². The minimum Gasteiger partial charge on any atom is -0.386 e. The molecule has 8 heteroatoms. The maximum absolute atomic E-state index is 13.5. The van der Waals surface area contributed by atoms with Crippen molar-refractivity contribution in [3.05, 3.63) is 110 Å². The molecule has 0 saturated heterocycles. The molecule has 0 spiro atoms. The molecular formula is C22H14Cl2N2O4. The van der Waals surface area contributed by atoms with E-state index in [1.165, 1.54) is 6.07 Å². The molecule has 2 atom stereocenters. The Labute approximate surface area is 181 Å². The van der Waals surface area contributed by atoms with E-state index in [1.807, 2.05) is 0 Å². The molecule has 150 valence electrons. The lowest BCUT2D eigenvalue weighted by atomic mass is 9.82. The molecule has 0 bridgehead atoms. The summed E-state index contributed by atoms with van der Waals surface area (Å²) in [6.45, 7) is 0. The largest absolute Gasteiger partial charge is 0.386 e. The summed E-state index contributed by atoms with van der Waals surface area (Å²) in [5.74, 6) is -1.20. The smallest absolute Gasteiger partial charge is 0.278 e. The van der Waals surface area contributed by atoms with Crippen LogP contribution in [0.1, 0.15) is 27.6 Å². The summed E-state index contributed by atoms with van der Waals surface area (Å²) < 4.78 is 0. The van der Waals surface area contributed by atoms with Crippen LogP contribution in [0.15, 0.2) is 78.0 Å². The predicted molar refractivity (Wildman–Crippen MR) is 114 cm³/mol. The molecule has 3 aromatic rings. The highest BCUT2D eigenvalue weighted by Crippen LogP contribution is 2.41. The fraction of sp³-hybridized carbons (Fsp3) is 0.0909. The number of para-hydroxylation sites is 1. The normalized spacial score (nSPS) is 17.9. The highest BCUT2D eigenvalue weighted by molar-refractivity contribution is 6.35. The number of carbonyl (C=O) groups excluding carboxylic acids is 1. The number of Topliss-reactive ketones (excluding diaryl/α,β-unsaturated/α-hetero) is 1. The van der Waals surface area contributed by atoms with Crippen LogP contribution in [0.5, 0.6) is 0 Å². The van der Waals surface area contributed by atoms with Crippen molar-refractivity contribution >= 4 is 40.4 Å². The highest BCUT2D eigenvalue weighted by Gasteiger charge is 2.44. The van der Waals surface area contributed by atoms with Gasteiger partial charge in [-0.3, -0.25) is 14.9 Å². The summed E-state index contributed by atoms with van der Waals surface area (Å²) >= 11 is 12.4. The van der Waals surface area contributed by atoms with E-state index in [1.54, 1.807) is 66.7 Å². The van der Waals surface area contributed by atoms with Gasteiger partial charge in [0.1, 0.15) is 11.6 Å². The minimum atomic E-state index is -0.924. The van der Waals surface area contributed by atoms with Gasteiger partial charge in [-0.15, -0.1) is 0 Å². The average Bonchev–Trinajstić information content (AvgIpc) is 3.18. The zero-order chi connectivity index (χ0) is 21.3. The Balaban J connectivity index is 1.85. The molecule has 0 N–H and O–H groups in total. The first-order chi connectivity index (χ1) is 14.5. The Kier molecular flexibility index (Phi) is 5.53. The van der Waals surface area contributed by atoms with Crippen molar-refractivity contribution in [1.29, 1.82) is 0 Å². The summed E-state index contributed by atoms with van der Waals surface area (Å²) in [6, 6.07) is 19.6. The summed E-state index contributed by atoms with van der Waals surface area (Å²) in [7, 11) is 0. The van der Waals surface area contributed by atoms with Gasteiger partial charge < -0.3 is 4.84 Å². The number of hydrogen-bond donors (Lipinski definition) is 0. The standard InChI is InChI=1S/C22H14Cl2N2O4/c23-14-10-11-15(17(24)12-14)22-19(21(27)13-6-2-1-3-7-13)20(25-30-22)16-8-4-5-9-18(16)26(28)29/h1-12,19,22H/t19-,22-/m0/s1. The van der Waals surface area contributed by atoms with E-state index >= 15 is 0 Å². The van der Waals surface area contributed by atoms with Crippen molar-refractivity contribution in [2.75, 3.05) is 0 Å². The number of hydrogen-bond acceptors (Lipinski definition) is 5. The van der Waals surface area contributed by atoms with Crippen molar-refractivity contribution in [1.82, 2.24) is 0 Å². The van der Waals surface area contributed by atoms with Crippen LogP contribution in [0, 0.1) is 16.0 Å². The van der Waals surface area contributed by atoms with Crippen LogP contribution >= 0.6 is 23.2 Å². The number of halogens is 2. The van der Waals surface area contributed by atoms with Gasteiger partial charge >= 0.3 is 0 Å². The van der Waals surface area contributed by atoms with Crippen LogP contribution in [0.2, 0.25) is 10.0 Å². The number of nitro benzene ring substituents is 1. The Bertz CT molecular complexity index is 1160. The van der Waals surface area contributed by atoms with Gasteiger partial charge in [0.25, 0.3) is 5.69 Å². The minimum absolute atomic E-state index is 0.159. The first-order valence-electron chi connectivity index (χ1n) is 8.99. The van der Waals surface area contributed by atoms with E-state index in [0.717, 1.165) is 0 Å². The van der Waals surface area contributed by atoms with Gasteiger partial charge in [-0.25, -0.2) is 0 Å². The second kappa shape index (κ2) is 8.26. The van der Waals surface area contributed by atoms with Crippen LogP contribution in [-0.4, -0.2) is 16.4 Å². The van der Waals surface area contributed by atoms with Gasteiger partial charge in [-0.1, -0.05) is 76.9 Å². The van der Waals surface area contributed by atoms with Crippen molar-refractivity contribution in [2.45, 2.75) is 6.10 Å². The second-order valence-electron chi connectivity index (χ2n) is 6.65. The van der Waals surface area contributed by atoms with Gasteiger partial charge in [0, 0.05) is 27.2 Å². The molecule has 1 heterocycles. The maximum Gasteiger partial charge on any atom is 0.278 e. The number of ketones is 1. The number of nitrogens with zero attached hydrogens (tertiary/aromatic N) is 2. The lowest BCUT2D eigenvalue weighted by Crippen LogP contribution is -2.28. The Hall–Kier alpha value is -3.22.